The molecule has 0 aromatic heterocycles. The highest BCUT2D eigenvalue weighted by atomic mass is 35.5. The van der Waals surface area contributed by atoms with Crippen molar-refractivity contribution in [2.75, 3.05) is 18.5 Å². The first-order valence-corrected chi connectivity index (χ1v) is 8.11. The van der Waals surface area contributed by atoms with Crippen LogP contribution >= 0.6 is 12.4 Å². The van der Waals surface area contributed by atoms with Crippen molar-refractivity contribution in [1.82, 2.24) is 5.32 Å². The largest absolute Gasteiger partial charge is 0.381 e. The van der Waals surface area contributed by atoms with Gasteiger partial charge in [-0.1, -0.05) is 12.1 Å². The van der Waals surface area contributed by atoms with E-state index in [0.29, 0.717) is 19.6 Å². The number of ether oxygens (including phenoxy) is 1. The molecule has 2 aliphatic heterocycles. The van der Waals surface area contributed by atoms with Crippen molar-refractivity contribution in [3.8, 4) is 0 Å². The molecule has 2 atom stereocenters. The van der Waals surface area contributed by atoms with Crippen molar-refractivity contribution in [2.45, 2.75) is 38.3 Å². The number of carbonyl (C=O) groups is 2. The van der Waals surface area contributed by atoms with Crippen LogP contribution in [-0.2, 0) is 20.7 Å². The van der Waals surface area contributed by atoms with Gasteiger partial charge in [0.25, 0.3) is 0 Å². The van der Waals surface area contributed by atoms with Gasteiger partial charge in [-0.05, 0) is 42.9 Å². The van der Waals surface area contributed by atoms with E-state index < -0.39 is 6.04 Å². The summed E-state index contributed by atoms with van der Waals surface area (Å²) >= 11 is 0. The standard InChI is InChI=1S/C17H23N3O3.ClH/c1-10(12-2-3-14-13(8-12)9-15(21)20-14)19-17(22)16(18)11-4-6-23-7-5-11;/h2-3,8,10-11,16H,4-7,9,18H2,1H3,(H,19,22)(H,20,21);1H. The third-order valence-corrected chi connectivity index (χ3v) is 4.69. The summed E-state index contributed by atoms with van der Waals surface area (Å²) in [6.07, 6.45) is 2.05. The Labute approximate surface area is 147 Å². The first-order valence-electron chi connectivity index (χ1n) is 8.11. The third-order valence-electron chi connectivity index (χ3n) is 4.69. The van der Waals surface area contributed by atoms with E-state index in [1.807, 2.05) is 25.1 Å². The summed E-state index contributed by atoms with van der Waals surface area (Å²) in [6, 6.07) is 5.14. The van der Waals surface area contributed by atoms with E-state index in [2.05, 4.69) is 10.6 Å². The van der Waals surface area contributed by atoms with Crippen LogP contribution < -0.4 is 16.4 Å². The molecule has 132 valence electrons. The van der Waals surface area contributed by atoms with Crippen molar-refractivity contribution in [3.63, 3.8) is 0 Å². The van der Waals surface area contributed by atoms with Gasteiger partial charge in [-0.15, -0.1) is 12.4 Å². The maximum atomic E-state index is 12.4. The molecule has 6 nitrogen and oxygen atoms in total. The highest BCUT2D eigenvalue weighted by Crippen LogP contribution is 2.26. The minimum Gasteiger partial charge on any atom is -0.381 e. The molecule has 1 aromatic carbocycles. The summed E-state index contributed by atoms with van der Waals surface area (Å²) in [5, 5.41) is 5.79. The molecule has 2 unspecified atom stereocenters. The van der Waals surface area contributed by atoms with Gasteiger partial charge in [0, 0.05) is 18.9 Å². The number of anilines is 1. The van der Waals surface area contributed by atoms with Crippen molar-refractivity contribution in [1.29, 1.82) is 0 Å². The molecular weight excluding hydrogens is 330 g/mol. The zero-order valence-corrected chi connectivity index (χ0v) is 14.5. The molecule has 3 rings (SSSR count). The van der Waals surface area contributed by atoms with E-state index in [1.165, 1.54) is 0 Å². The Morgan fingerprint density at radius 2 is 2.08 bits per heavy atom. The number of fused-ring (bicyclic) bond motifs is 1. The topological polar surface area (TPSA) is 93.5 Å². The van der Waals surface area contributed by atoms with Gasteiger partial charge in [0.2, 0.25) is 11.8 Å². The van der Waals surface area contributed by atoms with Crippen LogP contribution in [0.1, 0.15) is 36.9 Å². The first-order chi connectivity index (χ1) is 11.0. The monoisotopic (exact) mass is 353 g/mol. The Hall–Kier alpha value is -1.63. The lowest BCUT2D eigenvalue weighted by Crippen LogP contribution is -2.47. The Kier molecular flexibility index (Phi) is 6.21. The van der Waals surface area contributed by atoms with E-state index in [4.69, 9.17) is 10.5 Å². The molecule has 24 heavy (non-hydrogen) atoms. The molecule has 1 aromatic rings. The smallest absolute Gasteiger partial charge is 0.237 e. The average Bonchev–Trinajstić information content (AvgIpc) is 2.93. The van der Waals surface area contributed by atoms with Gasteiger partial charge in [0.1, 0.15) is 0 Å². The summed E-state index contributed by atoms with van der Waals surface area (Å²) in [5.74, 6) is 0.0623. The highest BCUT2D eigenvalue weighted by molar-refractivity contribution is 5.99. The van der Waals surface area contributed by atoms with Crippen molar-refractivity contribution in [2.24, 2.45) is 11.7 Å². The molecule has 1 saturated heterocycles. The van der Waals surface area contributed by atoms with Gasteiger partial charge in [-0.25, -0.2) is 0 Å². The van der Waals surface area contributed by atoms with Crippen LogP contribution in [0.5, 0.6) is 0 Å². The van der Waals surface area contributed by atoms with Crippen LogP contribution in [0, 0.1) is 5.92 Å². The van der Waals surface area contributed by atoms with Crippen LogP contribution in [0.25, 0.3) is 0 Å². The quantitative estimate of drug-likeness (QED) is 0.765. The Morgan fingerprint density at radius 1 is 1.38 bits per heavy atom. The molecule has 4 N–H and O–H groups in total. The number of nitrogens with two attached hydrogens (primary N) is 1. The highest BCUT2D eigenvalue weighted by Gasteiger charge is 2.27. The second kappa shape index (κ2) is 7.96. The minimum atomic E-state index is -0.501. The average molecular weight is 354 g/mol. The number of hydrogen-bond acceptors (Lipinski definition) is 4. The van der Waals surface area contributed by atoms with Crippen LogP contribution in [0.4, 0.5) is 5.69 Å². The van der Waals surface area contributed by atoms with E-state index >= 15 is 0 Å². The molecule has 1 fully saturated rings. The number of halogens is 1. The minimum absolute atomic E-state index is 0. The van der Waals surface area contributed by atoms with E-state index in [-0.39, 0.29) is 36.2 Å². The van der Waals surface area contributed by atoms with Gasteiger partial charge in [0.15, 0.2) is 0 Å². The molecule has 0 saturated carbocycles. The Morgan fingerprint density at radius 3 is 2.79 bits per heavy atom. The summed E-state index contributed by atoms with van der Waals surface area (Å²) < 4.78 is 5.31. The molecular formula is C17H24ClN3O3. The van der Waals surface area contributed by atoms with E-state index in [1.54, 1.807) is 0 Å². The predicted octanol–water partition coefficient (Wildman–Crippen LogP) is 1.53. The fourth-order valence-corrected chi connectivity index (χ4v) is 3.20. The summed E-state index contributed by atoms with van der Waals surface area (Å²) in [4.78, 5) is 23.8. The number of carbonyl (C=O) groups excluding carboxylic acids is 2. The van der Waals surface area contributed by atoms with E-state index in [9.17, 15) is 9.59 Å². The molecule has 0 aliphatic carbocycles. The maximum absolute atomic E-state index is 12.4. The zero-order valence-electron chi connectivity index (χ0n) is 13.7. The number of hydrogen-bond donors (Lipinski definition) is 3. The number of rotatable bonds is 4. The van der Waals surface area contributed by atoms with Gasteiger partial charge in [0.05, 0.1) is 18.5 Å². The normalized spacial score (nSPS) is 19.7. The molecule has 0 radical (unpaired) electrons. The van der Waals surface area contributed by atoms with Crippen LogP contribution in [0.15, 0.2) is 18.2 Å². The van der Waals surface area contributed by atoms with Crippen molar-refractivity contribution < 1.29 is 14.3 Å². The van der Waals surface area contributed by atoms with Gasteiger partial charge in [-0.3, -0.25) is 9.59 Å². The Bertz CT molecular complexity index is 617. The lowest BCUT2D eigenvalue weighted by atomic mass is 9.91. The molecule has 7 heteroatoms. The van der Waals surface area contributed by atoms with Gasteiger partial charge in [-0.2, -0.15) is 0 Å². The van der Waals surface area contributed by atoms with Crippen LogP contribution in [-0.4, -0.2) is 31.1 Å². The van der Waals surface area contributed by atoms with Gasteiger partial charge < -0.3 is 21.1 Å². The van der Waals surface area contributed by atoms with Crippen LogP contribution in [0.3, 0.4) is 0 Å². The summed E-state index contributed by atoms with van der Waals surface area (Å²) in [5.41, 5.74) is 8.92. The molecule has 2 aliphatic rings. The van der Waals surface area contributed by atoms with Crippen LogP contribution in [0.2, 0.25) is 0 Å². The number of benzene rings is 1. The number of nitrogens with one attached hydrogen (secondary N) is 2. The lowest BCUT2D eigenvalue weighted by molar-refractivity contribution is -0.125. The predicted molar refractivity (Wildman–Crippen MR) is 94.1 cm³/mol. The summed E-state index contributed by atoms with van der Waals surface area (Å²) in [7, 11) is 0. The molecule has 0 bridgehead atoms. The van der Waals surface area contributed by atoms with Gasteiger partial charge >= 0.3 is 0 Å². The number of amides is 2. The first kappa shape index (κ1) is 18.7. The molecule has 0 spiro atoms. The zero-order chi connectivity index (χ0) is 16.4. The SMILES string of the molecule is CC(NC(=O)C(N)C1CCOCC1)c1ccc2c(c1)CC(=O)N2.Cl. The fraction of sp³-hybridized carbons (Fsp3) is 0.529. The molecule has 2 amide bonds. The fourth-order valence-electron chi connectivity index (χ4n) is 3.20. The second-order valence-electron chi connectivity index (χ2n) is 6.35. The lowest BCUT2D eigenvalue weighted by Gasteiger charge is -2.28. The third kappa shape index (κ3) is 4.06. The Balaban J connectivity index is 0.00000208. The molecule has 2 heterocycles. The maximum Gasteiger partial charge on any atom is 0.237 e. The van der Waals surface area contributed by atoms with Crippen molar-refractivity contribution in [3.05, 3.63) is 29.3 Å². The summed E-state index contributed by atoms with van der Waals surface area (Å²) in [6.45, 7) is 3.28. The van der Waals surface area contributed by atoms with E-state index in [0.717, 1.165) is 29.7 Å². The van der Waals surface area contributed by atoms with Crippen molar-refractivity contribution >= 4 is 29.9 Å². The second-order valence-corrected chi connectivity index (χ2v) is 6.35.